The zero-order valence-electron chi connectivity index (χ0n) is 16.8. The Morgan fingerprint density at radius 1 is 0.720 bits per heavy atom. The third-order valence-electron chi connectivity index (χ3n) is 4.57. The van der Waals surface area contributed by atoms with Crippen molar-refractivity contribution in [1.29, 1.82) is 0 Å². The van der Waals surface area contributed by atoms with Crippen LogP contribution in [0.3, 0.4) is 0 Å². The van der Waals surface area contributed by atoms with Gasteiger partial charge in [-0.25, -0.2) is 0 Å². The molecule has 0 amide bonds. The van der Waals surface area contributed by atoms with Crippen molar-refractivity contribution >= 4 is 27.4 Å². The third-order valence-corrected chi connectivity index (χ3v) is 11.6. The van der Waals surface area contributed by atoms with Gasteiger partial charge < -0.3 is 12.9 Å². The first kappa shape index (κ1) is 20.3. The molecule has 2 aromatic rings. The van der Waals surface area contributed by atoms with E-state index >= 15 is 0 Å². The lowest BCUT2D eigenvalue weighted by atomic mass is 10.2. The smallest absolute Gasteiger partial charge is 0.247 e. The van der Waals surface area contributed by atoms with Crippen molar-refractivity contribution in [3.63, 3.8) is 0 Å². The molecule has 0 aliphatic heterocycles. The van der Waals surface area contributed by atoms with Crippen LogP contribution in [0.1, 0.15) is 51.1 Å². The fourth-order valence-corrected chi connectivity index (χ4v) is 10.7. The number of rotatable bonds is 10. The van der Waals surface area contributed by atoms with Crippen LogP contribution in [0.15, 0.2) is 33.1 Å². The van der Waals surface area contributed by atoms with Crippen LogP contribution in [-0.2, 0) is 17.0 Å². The summed E-state index contributed by atoms with van der Waals surface area (Å²) in [4.78, 5) is 0. The molecule has 0 aliphatic carbocycles. The molecule has 0 saturated heterocycles. The summed E-state index contributed by atoms with van der Waals surface area (Å²) in [6.07, 6.45) is 6.74. The van der Waals surface area contributed by atoms with Crippen molar-refractivity contribution in [2.75, 3.05) is 0 Å². The summed E-state index contributed by atoms with van der Waals surface area (Å²) in [6, 6.07) is 8.48. The first-order chi connectivity index (χ1) is 11.8. The van der Waals surface area contributed by atoms with E-state index in [0.717, 1.165) is 35.1 Å². The maximum Gasteiger partial charge on any atom is 0.247 e. The minimum absolute atomic E-state index is 1.01. The molecule has 2 aromatic heterocycles. The Kier molecular flexibility index (Phi) is 6.94. The molecule has 2 rings (SSSR count). The molecule has 0 N–H and O–H groups in total. The number of unbranched alkanes of at least 4 members (excludes halogenated alkanes) is 2. The molecule has 0 bridgehead atoms. The highest BCUT2D eigenvalue weighted by atomic mass is 28.4. The van der Waals surface area contributed by atoms with E-state index in [1.807, 2.05) is 0 Å². The minimum atomic E-state index is -2.10. The molecule has 0 atom stereocenters. The van der Waals surface area contributed by atoms with Crippen molar-refractivity contribution in [1.82, 2.24) is 0 Å². The van der Waals surface area contributed by atoms with Crippen molar-refractivity contribution in [3.8, 4) is 0 Å². The molecule has 25 heavy (non-hydrogen) atoms. The van der Waals surface area contributed by atoms with E-state index in [0.29, 0.717) is 0 Å². The number of hydrogen-bond donors (Lipinski definition) is 0. The van der Waals surface area contributed by atoms with Crippen LogP contribution in [0, 0.1) is 0 Å². The predicted molar refractivity (Wildman–Crippen MR) is 110 cm³/mol. The Morgan fingerprint density at radius 2 is 1.12 bits per heavy atom. The topological polar surface area (TPSA) is 35.5 Å². The van der Waals surface area contributed by atoms with Gasteiger partial charge in [-0.3, -0.25) is 0 Å². The Labute approximate surface area is 155 Å². The molecular formula is C20H34O3Si2. The number of aryl methyl sites for hydroxylation is 2. The zero-order valence-corrected chi connectivity index (χ0v) is 18.8. The van der Waals surface area contributed by atoms with Gasteiger partial charge in [-0.05, 0) is 63.3 Å². The summed E-state index contributed by atoms with van der Waals surface area (Å²) in [6.45, 7) is 13.3. The molecule has 140 valence electrons. The lowest BCUT2D eigenvalue weighted by Gasteiger charge is -2.31. The van der Waals surface area contributed by atoms with Crippen LogP contribution in [0.25, 0.3) is 0 Å². The molecule has 0 spiro atoms. The standard InChI is InChI=1S/C20H34O3Si2/c1-7-9-11-17-13-15-19(21-17)24(3,4)23-25(5,6)20-16-14-18(22-20)12-10-8-2/h13-16H,7-12H2,1-6H3. The van der Waals surface area contributed by atoms with E-state index in [4.69, 9.17) is 12.9 Å². The first-order valence-corrected chi connectivity index (χ1v) is 15.5. The molecular weight excluding hydrogens is 344 g/mol. The van der Waals surface area contributed by atoms with E-state index in [1.165, 1.54) is 25.7 Å². The summed E-state index contributed by atoms with van der Waals surface area (Å²) < 4.78 is 19.0. The molecule has 0 aliphatic rings. The van der Waals surface area contributed by atoms with Crippen molar-refractivity contribution < 1.29 is 12.9 Å². The molecule has 0 radical (unpaired) electrons. The zero-order chi connectivity index (χ0) is 18.5. The second-order valence-electron chi connectivity index (χ2n) is 7.86. The Bertz CT molecular complexity index is 599. The number of hydrogen-bond acceptors (Lipinski definition) is 3. The van der Waals surface area contributed by atoms with Gasteiger partial charge in [0.05, 0.1) is 0 Å². The van der Waals surface area contributed by atoms with Crippen LogP contribution >= 0.6 is 0 Å². The van der Waals surface area contributed by atoms with E-state index in [-0.39, 0.29) is 0 Å². The lowest BCUT2D eigenvalue weighted by Crippen LogP contribution is -2.57. The Hall–Kier alpha value is -1.05. The van der Waals surface area contributed by atoms with E-state index in [9.17, 15) is 0 Å². The normalized spacial score (nSPS) is 12.7. The fourth-order valence-electron chi connectivity index (χ4n) is 3.11. The largest absolute Gasteiger partial charge is 0.468 e. The second kappa shape index (κ2) is 8.56. The molecule has 3 nitrogen and oxygen atoms in total. The molecule has 5 heteroatoms. The lowest BCUT2D eigenvalue weighted by molar-refractivity contribution is 0.482. The summed E-state index contributed by atoms with van der Waals surface area (Å²) in [5, 5.41) is 2.08. The van der Waals surface area contributed by atoms with E-state index in [1.54, 1.807) is 0 Å². The summed E-state index contributed by atoms with van der Waals surface area (Å²) in [5.74, 6) is 2.17. The average molecular weight is 379 g/mol. The molecule has 0 unspecified atom stereocenters. The molecule has 2 heterocycles. The average Bonchev–Trinajstić information content (AvgIpc) is 3.20. The van der Waals surface area contributed by atoms with Crippen LogP contribution in [0.2, 0.25) is 26.2 Å². The monoisotopic (exact) mass is 378 g/mol. The maximum absolute atomic E-state index is 6.72. The van der Waals surface area contributed by atoms with Gasteiger partial charge >= 0.3 is 0 Å². The van der Waals surface area contributed by atoms with Crippen LogP contribution < -0.4 is 10.8 Å². The van der Waals surface area contributed by atoms with Crippen molar-refractivity contribution in [3.05, 3.63) is 35.8 Å². The third kappa shape index (κ3) is 5.46. The summed E-state index contributed by atoms with van der Waals surface area (Å²) in [7, 11) is -4.19. The maximum atomic E-state index is 6.72. The Balaban J connectivity index is 2.09. The second-order valence-corrected chi connectivity index (χ2v) is 15.7. The molecule has 0 aromatic carbocycles. The quantitative estimate of drug-likeness (QED) is 0.540. The SMILES string of the molecule is CCCCc1ccc([Si](C)(C)O[Si](C)(C)c2ccc(CCCC)o2)o1. The van der Waals surface area contributed by atoms with Gasteiger partial charge in [0.25, 0.3) is 0 Å². The van der Waals surface area contributed by atoms with Crippen LogP contribution in [0.4, 0.5) is 0 Å². The number of furan rings is 2. The van der Waals surface area contributed by atoms with Gasteiger partial charge in [0.1, 0.15) is 22.3 Å². The molecule has 0 fully saturated rings. The highest BCUT2D eigenvalue weighted by molar-refractivity contribution is 6.96. The van der Waals surface area contributed by atoms with Gasteiger partial charge in [-0.15, -0.1) is 0 Å². The van der Waals surface area contributed by atoms with Gasteiger partial charge in [0, 0.05) is 12.8 Å². The predicted octanol–water partition coefficient (Wildman–Crippen LogP) is 5.10. The van der Waals surface area contributed by atoms with Crippen molar-refractivity contribution in [2.45, 2.75) is 78.6 Å². The summed E-state index contributed by atoms with van der Waals surface area (Å²) >= 11 is 0. The minimum Gasteiger partial charge on any atom is -0.468 e. The van der Waals surface area contributed by atoms with Gasteiger partial charge in [0.2, 0.25) is 16.6 Å². The highest BCUT2D eigenvalue weighted by Gasteiger charge is 2.40. The van der Waals surface area contributed by atoms with Crippen molar-refractivity contribution in [2.24, 2.45) is 0 Å². The fraction of sp³-hybridized carbons (Fsp3) is 0.600. The van der Waals surface area contributed by atoms with Gasteiger partial charge in [-0.1, -0.05) is 26.7 Å². The van der Waals surface area contributed by atoms with Gasteiger partial charge in [-0.2, -0.15) is 0 Å². The van der Waals surface area contributed by atoms with Crippen LogP contribution in [0.5, 0.6) is 0 Å². The summed E-state index contributed by atoms with van der Waals surface area (Å²) in [5.41, 5.74) is 0. The van der Waals surface area contributed by atoms with E-state index < -0.39 is 16.6 Å². The Morgan fingerprint density at radius 3 is 1.48 bits per heavy atom. The van der Waals surface area contributed by atoms with Crippen LogP contribution in [-0.4, -0.2) is 16.6 Å². The first-order valence-electron chi connectivity index (χ1n) is 9.67. The highest BCUT2D eigenvalue weighted by Crippen LogP contribution is 2.18. The van der Waals surface area contributed by atoms with E-state index in [2.05, 4.69) is 64.3 Å². The van der Waals surface area contributed by atoms with Gasteiger partial charge in [0.15, 0.2) is 0 Å². The molecule has 0 saturated carbocycles.